The molecule has 0 bridgehead atoms. The van der Waals surface area contributed by atoms with Crippen LogP contribution in [0, 0.1) is 0 Å². The largest absolute Gasteiger partial charge is 0.494 e. The Hall–Kier alpha value is -2.45. The van der Waals surface area contributed by atoms with Crippen molar-refractivity contribution in [2.75, 3.05) is 17.1 Å². The van der Waals surface area contributed by atoms with Crippen LogP contribution in [-0.2, 0) is 16.6 Å². The molecule has 4 rings (SSSR count). The van der Waals surface area contributed by atoms with Gasteiger partial charge in [-0.15, -0.1) is 0 Å². The maximum absolute atomic E-state index is 12.9. The first-order chi connectivity index (χ1) is 14.1. The van der Waals surface area contributed by atoms with Gasteiger partial charge in [0.2, 0.25) is 0 Å². The minimum Gasteiger partial charge on any atom is -0.494 e. The molecule has 0 aliphatic carbocycles. The van der Waals surface area contributed by atoms with E-state index in [2.05, 4.69) is 21.2 Å². The van der Waals surface area contributed by atoms with Crippen LogP contribution in [-0.4, -0.2) is 30.3 Å². The van der Waals surface area contributed by atoms with Gasteiger partial charge in [0.1, 0.15) is 5.75 Å². The molecule has 0 amide bonds. The average molecular weight is 430 g/mol. The number of fused-ring (bicyclic) bond motifs is 1. The van der Waals surface area contributed by atoms with E-state index in [0.29, 0.717) is 18.0 Å². The van der Waals surface area contributed by atoms with Crippen LogP contribution in [0.4, 0.5) is 5.69 Å². The van der Waals surface area contributed by atoms with Gasteiger partial charge in [-0.2, -0.15) is 0 Å². The molecule has 1 aliphatic heterocycles. The molecule has 2 aromatic carbocycles. The predicted molar refractivity (Wildman–Crippen MR) is 116 cm³/mol. The van der Waals surface area contributed by atoms with Gasteiger partial charge in [-0.25, -0.2) is 13.4 Å². The van der Waals surface area contributed by atoms with Gasteiger partial charge in [-0.3, -0.25) is 4.72 Å². The Kier molecular flexibility index (Phi) is 5.82. The number of aryl methyl sites for hydroxylation is 1. The van der Waals surface area contributed by atoms with Crippen molar-refractivity contribution in [2.45, 2.75) is 36.4 Å². The lowest BCUT2D eigenvalue weighted by molar-refractivity contribution is 0.309. The van der Waals surface area contributed by atoms with Gasteiger partial charge in [-0.05, 0) is 36.8 Å². The number of thioether (sulfide) groups is 1. The third-order valence-corrected chi connectivity index (χ3v) is 7.00. The monoisotopic (exact) mass is 429 g/mol. The fourth-order valence-corrected chi connectivity index (χ4v) is 5.11. The molecule has 8 heteroatoms. The van der Waals surface area contributed by atoms with E-state index in [4.69, 9.17) is 4.74 Å². The number of nitrogens with one attached hydrogen (secondary N) is 1. The van der Waals surface area contributed by atoms with E-state index in [0.717, 1.165) is 41.6 Å². The maximum Gasteiger partial charge on any atom is 0.261 e. The highest BCUT2D eigenvalue weighted by Crippen LogP contribution is 2.33. The lowest BCUT2D eigenvalue weighted by atomic mass is 10.1. The molecule has 152 valence electrons. The summed E-state index contributed by atoms with van der Waals surface area (Å²) in [6.07, 6.45) is 3.99. The van der Waals surface area contributed by atoms with E-state index in [1.807, 2.05) is 24.4 Å². The number of imidazole rings is 1. The highest BCUT2D eigenvalue weighted by atomic mass is 32.2. The summed E-state index contributed by atoms with van der Waals surface area (Å²) in [6, 6.07) is 13.8. The molecule has 1 aliphatic rings. The summed E-state index contributed by atoms with van der Waals surface area (Å²) in [5.74, 6) is 1.69. The second-order valence-corrected chi connectivity index (χ2v) is 9.52. The molecule has 29 heavy (non-hydrogen) atoms. The molecule has 6 nitrogen and oxygen atoms in total. The van der Waals surface area contributed by atoms with Crippen LogP contribution in [0.3, 0.4) is 0 Å². The zero-order valence-corrected chi connectivity index (χ0v) is 17.8. The first-order valence-electron chi connectivity index (χ1n) is 9.62. The van der Waals surface area contributed by atoms with Gasteiger partial charge in [0.25, 0.3) is 10.0 Å². The summed E-state index contributed by atoms with van der Waals surface area (Å²) in [7, 11) is -3.73. The quantitative estimate of drug-likeness (QED) is 0.528. The molecule has 0 saturated carbocycles. The van der Waals surface area contributed by atoms with Crippen LogP contribution in [0.5, 0.6) is 5.75 Å². The standard InChI is InChI=1S/C21H23N3O3S2/c1-2-3-13-27-16-8-10-17(11-9-16)29(25,26)23-19-7-5-4-6-18(19)20-15-24-12-14-28-21(24)22-20/h4-11,15,23H,2-3,12-14H2,1H3. The molecule has 1 aromatic heterocycles. The fourth-order valence-electron chi connectivity index (χ4n) is 3.09. The molecule has 0 radical (unpaired) electrons. The van der Waals surface area contributed by atoms with Crippen LogP contribution in [0.25, 0.3) is 11.3 Å². The highest BCUT2D eigenvalue weighted by Gasteiger charge is 2.20. The number of ether oxygens (including phenoxy) is 1. The summed E-state index contributed by atoms with van der Waals surface area (Å²) in [4.78, 5) is 4.84. The topological polar surface area (TPSA) is 73.2 Å². The molecular weight excluding hydrogens is 406 g/mol. The molecule has 1 N–H and O–H groups in total. The van der Waals surface area contributed by atoms with Gasteiger partial charge >= 0.3 is 0 Å². The number of benzene rings is 2. The fraction of sp³-hybridized carbons (Fsp3) is 0.286. The van der Waals surface area contributed by atoms with Crippen LogP contribution < -0.4 is 9.46 Å². The lowest BCUT2D eigenvalue weighted by Gasteiger charge is -2.12. The number of sulfonamides is 1. The van der Waals surface area contributed by atoms with E-state index in [1.54, 1.807) is 42.1 Å². The van der Waals surface area contributed by atoms with Crippen molar-refractivity contribution in [1.82, 2.24) is 9.55 Å². The van der Waals surface area contributed by atoms with Crippen molar-refractivity contribution in [1.29, 1.82) is 0 Å². The van der Waals surface area contributed by atoms with E-state index >= 15 is 0 Å². The van der Waals surface area contributed by atoms with Crippen molar-refractivity contribution >= 4 is 27.5 Å². The number of aromatic nitrogens is 2. The molecule has 0 saturated heterocycles. The van der Waals surface area contributed by atoms with Gasteiger partial charge < -0.3 is 9.30 Å². The number of rotatable bonds is 8. The third-order valence-electron chi connectivity index (χ3n) is 4.65. The van der Waals surface area contributed by atoms with E-state index in [1.165, 1.54) is 0 Å². The molecule has 2 heterocycles. The van der Waals surface area contributed by atoms with E-state index in [-0.39, 0.29) is 4.90 Å². The smallest absolute Gasteiger partial charge is 0.261 e. The minimum absolute atomic E-state index is 0.193. The number of hydrogen-bond acceptors (Lipinski definition) is 5. The molecular formula is C21H23N3O3S2. The normalized spacial score (nSPS) is 13.3. The SMILES string of the molecule is CCCCOc1ccc(S(=O)(=O)Nc2ccccc2-c2cn3c(n2)SCC3)cc1. The first kappa shape index (κ1) is 19.8. The molecule has 0 fully saturated rings. The number of anilines is 1. The van der Waals surface area contributed by atoms with Crippen molar-refractivity contribution < 1.29 is 13.2 Å². The van der Waals surface area contributed by atoms with E-state index in [9.17, 15) is 8.42 Å². The molecule has 0 atom stereocenters. The van der Waals surface area contributed by atoms with Crippen LogP contribution in [0.2, 0.25) is 0 Å². The Bertz CT molecular complexity index is 1070. The lowest BCUT2D eigenvalue weighted by Crippen LogP contribution is -2.13. The van der Waals surface area contributed by atoms with Crippen molar-refractivity contribution in [3.8, 4) is 17.0 Å². The second kappa shape index (κ2) is 8.51. The molecule has 3 aromatic rings. The predicted octanol–water partition coefficient (Wildman–Crippen LogP) is 4.64. The Morgan fingerprint density at radius 2 is 1.97 bits per heavy atom. The zero-order chi connectivity index (χ0) is 20.3. The van der Waals surface area contributed by atoms with Gasteiger partial charge in [-0.1, -0.05) is 43.3 Å². The molecule has 0 unspecified atom stereocenters. The number of hydrogen-bond donors (Lipinski definition) is 1. The van der Waals surface area contributed by atoms with Crippen molar-refractivity contribution in [3.63, 3.8) is 0 Å². The molecule has 0 spiro atoms. The van der Waals surface area contributed by atoms with Gasteiger partial charge in [0, 0.05) is 24.1 Å². The Morgan fingerprint density at radius 3 is 2.72 bits per heavy atom. The van der Waals surface area contributed by atoms with Gasteiger partial charge in [0.05, 0.1) is 22.9 Å². The highest BCUT2D eigenvalue weighted by molar-refractivity contribution is 7.99. The summed E-state index contributed by atoms with van der Waals surface area (Å²) < 4.78 is 36.3. The van der Waals surface area contributed by atoms with E-state index < -0.39 is 10.0 Å². The second-order valence-electron chi connectivity index (χ2n) is 6.78. The Balaban J connectivity index is 1.55. The third kappa shape index (κ3) is 4.43. The number of nitrogens with zero attached hydrogens (tertiary/aromatic N) is 2. The summed E-state index contributed by atoms with van der Waals surface area (Å²) >= 11 is 1.71. The number of para-hydroxylation sites is 1. The van der Waals surface area contributed by atoms with Crippen molar-refractivity contribution in [3.05, 3.63) is 54.7 Å². The van der Waals surface area contributed by atoms with Crippen LogP contribution in [0.1, 0.15) is 19.8 Å². The summed E-state index contributed by atoms with van der Waals surface area (Å²) in [5.41, 5.74) is 2.04. The maximum atomic E-state index is 12.9. The zero-order valence-electron chi connectivity index (χ0n) is 16.2. The number of unbranched alkanes of at least 4 members (excludes halogenated alkanes) is 1. The Labute approximate surface area is 175 Å². The van der Waals surface area contributed by atoms with Crippen molar-refractivity contribution in [2.24, 2.45) is 0 Å². The van der Waals surface area contributed by atoms with Crippen LogP contribution >= 0.6 is 11.8 Å². The first-order valence-corrected chi connectivity index (χ1v) is 12.1. The minimum atomic E-state index is -3.73. The summed E-state index contributed by atoms with van der Waals surface area (Å²) in [5, 5.41) is 0.969. The van der Waals surface area contributed by atoms with Gasteiger partial charge in [0.15, 0.2) is 5.16 Å². The average Bonchev–Trinajstić information content (AvgIpc) is 3.31. The Morgan fingerprint density at radius 1 is 1.17 bits per heavy atom. The van der Waals surface area contributed by atoms with Crippen LogP contribution in [0.15, 0.2) is 64.8 Å². The summed E-state index contributed by atoms with van der Waals surface area (Å²) in [6.45, 7) is 3.65.